The quantitative estimate of drug-likeness (QED) is 0.560. The molecule has 1 N–H and O–H groups in total. The van der Waals surface area contributed by atoms with Gasteiger partial charge in [0.1, 0.15) is 11.5 Å². The van der Waals surface area contributed by atoms with Crippen LogP contribution in [0.5, 0.6) is 5.75 Å². The van der Waals surface area contributed by atoms with Gasteiger partial charge in [0.25, 0.3) is 0 Å². The van der Waals surface area contributed by atoms with E-state index in [1.165, 1.54) is 0 Å². The van der Waals surface area contributed by atoms with E-state index in [0.29, 0.717) is 6.54 Å². The van der Waals surface area contributed by atoms with Crippen molar-refractivity contribution in [1.82, 2.24) is 4.98 Å². The van der Waals surface area contributed by atoms with E-state index in [0.717, 1.165) is 39.0 Å². The minimum Gasteiger partial charge on any atom is -0.497 e. The van der Waals surface area contributed by atoms with E-state index in [9.17, 15) is 0 Å². The van der Waals surface area contributed by atoms with E-state index >= 15 is 0 Å². The summed E-state index contributed by atoms with van der Waals surface area (Å²) in [4.78, 5) is 4.74. The second-order valence-corrected chi connectivity index (χ2v) is 5.32. The summed E-state index contributed by atoms with van der Waals surface area (Å²) < 4.78 is 10.8. The molecule has 0 spiro atoms. The van der Waals surface area contributed by atoms with Gasteiger partial charge < -0.3 is 14.5 Å². The molecule has 2 heterocycles. The fourth-order valence-corrected chi connectivity index (χ4v) is 2.78. The molecule has 4 nitrogen and oxygen atoms in total. The van der Waals surface area contributed by atoms with E-state index < -0.39 is 0 Å². The number of para-hydroxylation sites is 1. The number of hydrogen-bond acceptors (Lipinski definition) is 4. The van der Waals surface area contributed by atoms with Crippen molar-refractivity contribution in [1.29, 1.82) is 0 Å². The second kappa shape index (κ2) is 5.65. The number of hydrogen-bond donors (Lipinski definition) is 1. The van der Waals surface area contributed by atoms with Crippen LogP contribution in [0, 0.1) is 0 Å². The lowest BCUT2D eigenvalue weighted by Gasteiger charge is -2.13. The number of nitrogens with zero attached hydrogens (tertiary/aromatic N) is 1. The summed E-state index contributed by atoms with van der Waals surface area (Å²) in [5, 5.41) is 5.61. The van der Waals surface area contributed by atoms with Crippen LogP contribution < -0.4 is 10.1 Å². The summed E-state index contributed by atoms with van der Waals surface area (Å²) in [6, 6.07) is 17.9. The zero-order valence-electron chi connectivity index (χ0n) is 12.7. The molecule has 4 rings (SSSR count). The number of anilines is 1. The summed E-state index contributed by atoms with van der Waals surface area (Å²) in [6.07, 6.45) is 1.68. The van der Waals surface area contributed by atoms with Gasteiger partial charge in [-0.3, -0.25) is 0 Å². The predicted molar refractivity (Wildman–Crippen MR) is 91.8 cm³/mol. The Morgan fingerprint density at radius 1 is 1.00 bits per heavy atom. The maximum atomic E-state index is 5.42. The van der Waals surface area contributed by atoms with Gasteiger partial charge >= 0.3 is 0 Å². The minimum atomic E-state index is 0.618. The third-order valence-corrected chi connectivity index (χ3v) is 3.91. The first-order valence-electron chi connectivity index (χ1n) is 7.48. The topological polar surface area (TPSA) is 47.3 Å². The Morgan fingerprint density at radius 2 is 1.87 bits per heavy atom. The number of pyridine rings is 1. The molecule has 0 aliphatic carbocycles. The molecule has 4 aromatic rings. The molecule has 0 radical (unpaired) electrons. The molecule has 4 heteroatoms. The number of aromatic nitrogens is 1. The molecule has 0 saturated heterocycles. The van der Waals surface area contributed by atoms with Crippen LogP contribution in [0.1, 0.15) is 5.76 Å². The van der Waals surface area contributed by atoms with Crippen molar-refractivity contribution in [2.45, 2.75) is 6.54 Å². The van der Waals surface area contributed by atoms with E-state index in [1.807, 2.05) is 48.5 Å². The highest BCUT2D eigenvalue weighted by molar-refractivity contribution is 6.07. The standard InChI is InChI=1S/C19H16N2O2/c1-22-13-8-9-18-16(11-13)19(20-12-14-5-4-10-23-14)15-6-2-3-7-17(15)21-18/h2-11H,12H2,1H3,(H,20,21). The van der Waals surface area contributed by atoms with Gasteiger partial charge in [0.05, 0.1) is 36.6 Å². The second-order valence-electron chi connectivity index (χ2n) is 5.32. The molecule has 0 aliphatic heterocycles. The summed E-state index contributed by atoms with van der Waals surface area (Å²) in [7, 11) is 1.67. The number of benzene rings is 2. The van der Waals surface area contributed by atoms with Crippen molar-refractivity contribution in [2.75, 3.05) is 12.4 Å². The highest BCUT2D eigenvalue weighted by atomic mass is 16.5. The zero-order chi connectivity index (χ0) is 15.6. The van der Waals surface area contributed by atoms with Crippen molar-refractivity contribution in [3.63, 3.8) is 0 Å². The number of ether oxygens (including phenoxy) is 1. The molecule has 2 aromatic carbocycles. The Labute approximate surface area is 133 Å². The highest BCUT2D eigenvalue weighted by Crippen LogP contribution is 2.33. The molecule has 0 unspecified atom stereocenters. The van der Waals surface area contributed by atoms with Crippen LogP contribution in [0.4, 0.5) is 5.69 Å². The molecular weight excluding hydrogens is 288 g/mol. The third-order valence-electron chi connectivity index (χ3n) is 3.91. The van der Waals surface area contributed by atoms with Crippen LogP contribution in [0.2, 0.25) is 0 Å². The lowest BCUT2D eigenvalue weighted by molar-refractivity contribution is 0.415. The molecule has 0 amide bonds. The van der Waals surface area contributed by atoms with E-state index in [4.69, 9.17) is 14.1 Å². The smallest absolute Gasteiger partial charge is 0.122 e. The van der Waals surface area contributed by atoms with E-state index in [2.05, 4.69) is 11.4 Å². The highest BCUT2D eigenvalue weighted by Gasteiger charge is 2.10. The number of rotatable bonds is 4. The van der Waals surface area contributed by atoms with Crippen LogP contribution in [-0.2, 0) is 6.54 Å². The fourth-order valence-electron chi connectivity index (χ4n) is 2.78. The SMILES string of the molecule is COc1ccc2nc3ccccc3c(NCc3ccco3)c2c1. The van der Waals surface area contributed by atoms with Crippen LogP contribution in [0.15, 0.2) is 65.3 Å². The Kier molecular flexibility index (Phi) is 3.35. The van der Waals surface area contributed by atoms with Crippen molar-refractivity contribution in [3.05, 3.63) is 66.6 Å². The van der Waals surface area contributed by atoms with Crippen molar-refractivity contribution >= 4 is 27.5 Å². The largest absolute Gasteiger partial charge is 0.497 e. The van der Waals surface area contributed by atoms with Crippen LogP contribution in [0.3, 0.4) is 0 Å². The van der Waals surface area contributed by atoms with Crippen molar-refractivity contribution in [3.8, 4) is 5.75 Å². The monoisotopic (exact) mass is 304 g/mol. The van der Waals surface area contributed by atoms with Gasteiger partial charge in [0.2, 0.25) is 0 Å². The van der Waals surface area contributed by atoms with Crippen LogP contribution in [0.25, 0.3) is 21.8 Å². The van der Waals surface area contributed by atoms with Gasteiger partial charge in [-0.05, 0) is 36.4 Å². The van der Waals surface area contributed by atoms with Crippen molar-refractivity contribution < 1.29 is 9.15 Å². The Morgan fingerprint density at radius 3 is 2.70 bits per heavy atom. The number of furan rings is 1. The summed E-state index contributed by atoms with van der Waals surface area (Å²) >= 11 is 0. The zero-order valence-corrected chi connectivity index (χ0v) is 12.7. The normalized spacial score (nSPS) is 11.0. The number of fused-ring (bicyclic) bond motifs is 2. The Balaban J connectivity index is 1.90. The Hall–Kier alpha value is -3.01. The third kappa shape index (κ3) is 2.48. The van der Waals surface area contributed by atoms with Gasteiger partial charge in [-0.15, -0.1) is 0 Å². The molecule has 2 aromatic heterocycles. The number of methoxy groups -OCH3 is 1. The maximum absolute atomic E-state index is 5.42. The first-order valence-corrected chi connectivity index (χ1v) is 7.48. The van der Waals surface area contributed by atoms with Crippen LogP contribution >= 0.6 is 0 Å². The summed E-state index contributed by atoms with van der Waals surface area (Å²) in [5.74, 6) is 1.71. The van der Waals surface area contributed by atoms with Crippen molar-refractivity contribution in [2.24, 2.45) is 0 Å². The molecule has 0 fully saturated rings. The lowest BCUT2D eigenvalue weighted by Crippen LogP contribution is -2.01. The lowest BCUT2D eigenvalue weighted by atomic mass is 10.1. The maximum Gasteiger partial charge on any atom is 0.122 e. The average Bonchev–Trinajstić information content (AvgIpc) is 3.11. The number of nitrogens with one attached hydrogen (secondary N) is 1. The average molecular weight is 304 g/mol. The van der Waals surface area contributed by atoms with Gasteiger partial charge in [-0.2, -0.15) is 0 Å². The molecular formula is C19H16N2O2. The first kappa shape index (κ1) is 13.6. The minimum absolute atomic E-state index is 0.618. The molecule has 23 heavy (non-hydrogen) atoms. The molecule has 114 valence electrons. The molecule has 0 bridgehead atoms. The fraction of sp³-hybridized carbons (Fsp3) is 0.105. The first-order chi connectivity index (χ1) is 11.3. The Bertz CT molecular complexity index is 962. The predicted octanol–water partition coefficient (Wildman–Crippen LogP) is 4.60. The van der Waals surface area contributed by atoms with Gasteiger partial charge in [-0.1, -0.05) is 18.2 Å². The van der Waals surface area contributed by atoms with Gasteiger partial charge in [0.15, 0.2) is 0 Å². The van der Waals surface area contributed by atoms with Crippen LogP contribution in [-0.4, -0.2) is 12.1 Å². The summed E-state index contributed by atoms with van der Waals surface area (Å²) in [5.41, 5.74) is 2.94. The van der Waals surface area contributed by atoms with Gasteiger partial charge in [-0.25, -0.2) is 4.98 Å². The summed E-state index contributed by atoms with van der Waals surface area (Å²) in [6.45, 7) is 0.618. The molecule has 0 atom stereocenters. The molecule has 0 aliphatic rings. The van der Waals surface area contributed by atoms with Gasteiger partial charge in [0, 0.05) is 10.8 Å². The van der Waals surface area contributed by atoms with E-state index in [-0.39, 0.29) is 0 Å². The molecule has 0 saturated carbocycles. The van der Waals surface area contributed by atoms with E-state index in [1.54, 1.807) is 13.4 Å².